The van der Waals surface area contributed by atoms with Crippen molar-refractivity contribution in [2.75, 3.05) is 50.7 Å². The molecule has 0 bridgehead atoms. The highest BCUT2D eigenvalue weighted by Crippen LogP contribution is 2.30. The molecule has 0 amide bonds. The molecular weight excluding hydrogens is 286 g/mol. The molecule has 23 heavy (non-hydrogen) atoms. The molecule has 0 N–H and O–H groups in total. The number of aryl methyl sites for hydroxylation is 1. The maximum absolute atomic E-state index is 4.48. The first kappa shape index (κ1) is 14.8. The van der Waals surface area contributed by atoms with Gasteiger partial charge in [-0.05, 0) is 13.5 Å². The van der Waals surface area contributed by atoms with E-state index in [4.69, 9.17) is 0 Å². The largest absolute Gasteiger partial charge is 0.351 e. The topological polar surface area (TPSA) is 35.5 Å². The second-order valence-corrected chi connectivity index (χ2v) is 6.68. The Morgan fingerprint density at radius 3 is 2.39 bits per heavy atom. The minimum Gasteiger partial charge on any atom is -0.351 e. The van der Waals surface area contributed by atoms with Crippen molar-refractivity contribution in [3.05, 3.63) is 30.0 Å². The van der Waals surface area contributed by atoms with Crippen LogP contribution in [0.4, 0.5) is 5.82 Å². The molecule has 0 spiro atoms. The average Bonchev–Trinajstić information content (AvgIpc) is 2.56. The first-order valence-electron chi connectivity index (χ1n) is 8.69. The number of rotatable bonds is 3. The molecule has 1 aromatic heterocycles. The van der Waals surface area contributed by atoms with Gasteiger partial charge in [-0.15, -0.1) is 5.10 Å². The van der Waals surface area contributed by atoms with Crippen LogP contribution in [0.25, 0.3) is 10.8 Å². The van der Waals surface area contributed by atoms with Crippen molar-refractivity contribution in [2.45, 2.75) is 19.9 Å². The number of fused-ring (bicyclic) bond motifs is 1. The number of nitrogens with zero attached hydrogens (tertiary/aromatic N) is 5. The van der Waals surface area contributed by atoms with E-state index in [1.807, 2.05) is 6.92 Å². The SMILES string of the molecule is CCN1CCN(C2CN(c3nnc(C)c4ccccc34)C2)CC1. The molecule has 0 radical (unpaired) electrons. The number of hydrogen-bond donors (Lipinski definition) is 0. The summed E-state index contributed by atoms with van der Waals surface area (Å²) in [4.78, 5) is 7.56. The second kappa shape index (κ2) is 6.06. The molecule has 5 heteroatoms. The van der Waals surface area contributed by atoms with Gasteiger partial charge in [-0.25, -0.2) is 0 Å². The van der Waals surface area contributed by atoms with Gasteiger partial charge in [-0.3, -0.25) is 4.90 Å². The first-order chi connectivity index (χ1) is 11.3. The lowest BCUT2D eigenvalue weighted by atomic mass is 10.0. The molecule has 2 aliphatic heterocycles. The zero-order valence-corrected chi connectivity index (χ0v) is 14.1. The summed E-state index contributed by atoms with van der Waals surface area (Å²) in [6.07, 6.45) is 0. The quantitative estimate of drug-likeness (QED) is 0.863. The number of likely N-dealkylation sites (N-methyl/N-ethyl adjacent to an activating group) is 1. The molecule has 2 saturated heterocycles. The molecule has 5 nitrogen and oxygen atoms in total. The maximum atomic E-state index is 4.48. The summed E-state index contributed by atoms with van der Waals surface area (Å²) in [5.74, 6) is 1.05. The van der Waals surface area contributed by atoms with Crippen LogP contribution in [0.2, 0.25) is 0 Å². The van der Waals surface area contributed by atoms with Gasteiger partial charge in [-0.1, -0.05) is 31.2 Å². The van der Waals surface area contributed by atoms with Crippen molar-refractivity contribution in [3.8, 4) is 0 Å². The second-order valence-electron chi connectivity index (χ2n) is 6.68. The molecule has 4 rings (SSSR count). The normalized spacial score (nSPS) is 20.9. The van der Waals surface area contributed by atoms with E-state index in [-0.39, 0.29) is 0 Å². The Hall–Kier alpha value is -1.72. The lowest BCUT2D eigenvalue weighted by Gasteiger charge is -2.48. The van der Waals surface area contributed by atoms with Crippen LogP contribution in [0, 0.1) is 6.92 Å². The smallest absolute Gasteiger partial charge is 0.159 e. The number of piperazine rings is 1. The Morgan fingerprint density at radius 1 is 1.00 bits per heavy atom. The predicted octanol–water partition coefficient (Wildman–Crippen LogP) is 1.76. The number of benzene rings is 1. The Labute approximate surface area is 137 Å². The maximum Gasteiger partial charge on any atom is 0.159 e. The van der Waals surface area contributed by atoms with Gasteiger partial charge >= 0.3 is 0 Å². The zero-order chi connectivity index (χ0) is 15.8. The first-order valence-corrected chi connectivity index (χ1v) is 8.69. The van der Waals surface area contributed by atoms with Gasteiger partial charge in [-0.2, -0.15) is 5.10 Å². The molecule has 0 unspecified atom stereocenters. The van der Waals surface area contributed by atoms with Crippen molar-refractivity contribution in [1.82, 2.24) is 20.0 Å². The number of aromatic nitrogens is 2. The van der Waals surface area contributed by atoms with E-state index in [2.05, 4.69) is 56.1 Å². The van der Waals surface area contributed by atoms with Gasteiger partial charge in [0, 0.05) is 56.1 Å². The van der Waals surface area contributed by atoms with Crippen molar-refractivity contribution < 1.29 is 0 Å². The van der Waals surface area contributed by atoms with E-state index in [0.717, 1.165) is 24.6 Å². The van der Waals surface area contributed by atoms with Gasteiger partial charge in [0.15, 0.2) is 5.82 Å². The fraction of sp³-hybridized carbons (Fsp3) is 0.556. The highest BCUT2D eigenvalue weighted by molar-refractivity contribution is 5.93. The minimum absolute atomic E-state index is 0.677. The van der Waals surface area contributed by atoms with Gasteiger partial charge in [0.1, 0.15) is 0 Å². The number of anilines is 1. The summed E-state index contributed by atoms with van der Waals surface area (Å²) in [6.45, 7) is 12.4. The summed E-state index contributed by atoms with van der Waals surface area (Å²) in [6, 6.07) is 9.15. The van der Waals surface area contributed by atoms with Gasteiger partial charge in [0.2, 0.25) is 0 Å². The van der Waals surface area contributed by atoms with Crippen molar-refractivity contribution in [1.29, 1.82) is 0 Å². The fourth-order valence-corrected chi connectivity index (χ4v) is 3.76. The molecule has 2 aliphatic rings. The van der Waals surface area contributed by atoms with Crippen LogP contribution in [0.15, 0.2) is 24.3 Å². The number of hydrogen-bond acceptors (Lipinski definition) is 5. The van der Waals surface area contributed by atoms with Crippen LogP contribution >= 0.6 is 0 Å². The molecule has 0 atom stereocenters. The molecule has 0 saturated carbocycles. The molecule has 0 aliphatic carbocycles. The summed E-state index contributed by atoms with van der Waals surface area (Å²) in [5, 5.41) is 11.3. The third-order valence-electron chi connectivity index (χ3n) is 5.38. The van der Waals surface area contributed by atoms with Gasteiger partial charge in [0.05, 0.1) is 5.69 Å². The molecule has 122 valence electrons. The Bertz CT molecular complexity index is 687. The fourth-order valence-electron chi connectivity index (χ4n) is 3.76. The van der Waals surface area contributed by atoms with Gasteiger partial charge < -0.3 is 9.80 Å². The Kier molecular flexibility index (Phi) is 3.91. The van der Waals surface area contributed by atoms with Crippen LogP contribution < -0.4 is 4.90 Å². The molecular formula is C18H25N5. The highest BCUT2D eigenvalue weighted by atomic mass is 15.4. The third kappa shape index (κ3) is 2.68. The zero-order valence-electron chi connectivity index (χ0n) is 14.1. The summed E-state index contributed by atoms with van der Waals surface area (Å²) in [5.41, 5.74) is 1.01. The standard InChI is InChI=1S/C18H25N5/c1-3-21-8-10-22(11-9-21)15-12-23(13-15)18-17-7-5-4-6-16(17)14(2)19-20-18/h4-7,15H,3,8-13H2,1-2H3. The van der Waals surface area contributed by atoms with E-state index in [0.29, 0.717) is 6.04 Å². The van der Waals surface area contributed by atoms with E-state index in [1.165, 1.54) is 43.5 Å². The molecule has 2 aromatic rings. The lowest BCUT2D eigenvalue weighted by molar-refractivity contribution is 0.0859. The monoisotopic (exact) mass is 311 g/mol. The van der Waals surface area contributed by atoms with Crippen molar-refractivity contribution in [3.63, 3.8) is 0 Å². The van der Waals surface area contributed by atoms with E-state index in [1.54, 1.807) is 0 Å². The highest BCUT2D eigenvalue weighted by Gasteiger charge is 2.34. The summed E-state index contributed by atoms with van der Waals surface area (Å²) in [7, 11) is 0. The van der Waals surface area contributed by atoms with E-state index >= 15 is 0 Å². The van der Waals surface area contributed by atoms with Crippen molar-refractivity contribution in [2.24, 2.45) is 0 Å². The van der Waals surface area contributed by atoms with Crippen LogP contribution in [0.5, 0.6) is 0 Å². The summed E-state index contributed by atoms with van der Waals surface area (Å²) >= 11 is 0. The van der Waals surface area contributed by atoms with E-state index < -0.39 is 0 Å². The summed E-state index contributed by atoms with van der Waals surface area (Å²) < 4.78 is 0. The van der Waals surface area contributed by atoms with Crippen LogP contribution in [0.3, 0.4) is 0 Å². The van der Waals surface area contributed by atoms with Gasteiger partial charge in [0.25, 0.3) is 0 Å². The third-order valence-corrected chi connectivity index (χ3v) is 5.38. The van der Waals surface area contributed by atoms with E-state index in [9.17, 15) is 0 Å². The molecule has 2 fully saturated rings. The van der Waals surface area contributed by atoms with Crippen LogP contribution in [-0.4, -0.2) is 71.9 Å². The van der Waals surface area contributed by atoms with Crippen molar-refractivity contribution >= 4 is 16.6 Å². The van der Waals surface area contributed by atoms with Crippen LogP contribution in [-0.2, 0) is 0 Å². The average molecular weight is 311 g/mol. The van der Waals surface area contributed by atoms with Crippen LogP contribution in [0.1, 0.15) is 12.6 Å². The Balaban J connectivity index is 1.45. The molecule has 1 aromatic carbocycles. The minimum atomic E-state index is 0.677. The predicted molar refractivity (Wildman–Crippen MR) is 94.0 cm³/mol. The Morgan fingerprint density at radius 2 is 1.70 bits per heavy atom. The molecule has 3 heterocycles. The lowest BCUT2D eigenvalue weighted by Crippen LogP contribution is -2.63.